The van der Waals surface area contributed by atoms with Gasteiger partial charge in [-0.1, -0.05) is 26.8 Å². The molecule has 1 aliphatic carbocycles. The van der Waals surface area contributed by atoms with E-state index in [1.807, 2.05) is 6.07 Å². The van der Waals surface area contributed by atoms with E-state index in [0.29, 0.717) is 12.2 Å². The van der Waals surface area contributed by atoms with Crippen molar-refractivity contribution in [2.45, 2.75) is 40.0 Å². The van der Waals surface area contributed by atoms with E-state index in [2.05, 4.69) is 38.2 Å². The average molecular weight is 289 g/mol. The zero-order chi connectivity index (χ0) is 14.9. The monoisotopic (exact) mass is 289 g/mol. The maximum Gasteiger partial charge on any atom is 0.231 e. The van der Waals surface area contributed by atoms with Crippen LogP contribution in [0.2, 0.25) is 0 Å². The van der Waals surface area contributed by atoms with Crippen molar-refractivity contribution in [1.29, 1.82) is 0 Å². The van der Waals surface area contributed by atoms with Crippen LogP contribution in [-0.2, 0) is 6.42 Å². The summed E-state index contributed by atoms with van der Waals surface area (Å²) < 4.78 is 10.8. The normalized spacial score (nSPS) is 26.4. The highest BCUT2D eigenvalue weighted by Gasteiger charge is 2.48. The summed E-state index contributed by atoms with van der Waals surface area (Å²) in [5.74, 6) is 3.38. The first-order chi connectivity index (χ1) is 10.1. The quantitative estimate of drug-likeness (QED) is 0.831. The van der Waals surface area contributed by atoms with Gasteiger partial charge in [0.15, 0.2) is 11.5 Å². The van der Waals surface area contributed by atoms with Crippen molar-refractivity contribution in [1.82, 2.24) is 5.32 Å². The van der Waals surface area contributed by atoms with Crippen LogP contribution in [0, 0.1) is 17.3 Å². The minimum Gasteiger partial charge on any atom is -0.454 e. The smallest absolute Gasteiger partial charge is 0.231 e. The number of ether oxygens (including phenoxy) is 2. The third kappa shape index (κ3) is 3.52. The molecule has 0 spiro atoms. The minimum atomic E-state index is 0.361. The Labute approximate surface area is 128 Å². The molecular weight excluding hydrogens is 262 g/mol. The van der Waals surface area contributed by atoms with Gasteiger partial charge in [0.25, 0.3) is 0 Å². The van der Waals surface area contributed by atoms with E-state index in [1.165, 1.54) is 24.9 Å². The van der Waals surface area contributed by atoms with Crippen LogP contribution in [0.15, 0.2) is 18.2 Å². The third-order valence-electron chi connectivity index (χ3n) is 4.90. The molecule has 21 heavy (non-hydrogen) atoms. The number of hydrogen-bond donors (Lipinski definition) is 1. The van der Waals surface area contributed by atoms with Gasteiger partial charge >= 0.3 is 0 Å². The van der Waals surface area contributed by atoms with Gasteiger partial charge < -0.3 is 14.8 Å². The molecule has 3 rings (SSSR count). The van der Waals surface area contributed by atoms with Crippen molar-refractivity contribution in [2.75, 3.05) is 19.9 Å². The van der Waals surface area contributed by atoms with E-state index in [4.69, 9.17) is 9.47 Å². The second kappa shape index (κ2) is 5.88. The SMILES string of the molecule is CC(C)CNCC1CC1(C)CCc1ccc2c(c1)OCO2. The number of benzene rings is 1. The molecule has 0 aromatic heterocycles. The van der Waals surface area contributed by atoms with Crippen molar-refractivity contribution < 1.29 is 9.47 Å². The summed E-state index contributed by atoms with van der Waals surface area (Å²) >= 11 is 0. The van der Waals surface area contributed by atoms with Crippen LogP contribution in [-0.4, -0.2) is 19.9 Å². The summed E-state index contributed by atoms with van der Waals surface area (Å²) in [6.45, 7) is 9.63. The van der Waals surface area contributed by atoms with Gasteiger partial charge in [-0.3, -0.25) is 0 Å². The fraction of sp³-hybridized carbons (Fsp3) is 0.667. The van der Waals surface area contributed by atoms with Gasteiger partial charge in [0.05, 0.1) is 0 Å². The first-order valence-corrected chi connectivity index (χ1v) is 8.16. The maximum absolute atomic E-state index is 5.45. The lowest BCUT2D eigenvalue weighted by Gasteiger charge is -2.13. The molecule has 116 valence electrons. The fourth-order valence-electron chi connectivity index (χ4n) is 3.20. The molecule has 3 heteroatoms. The highest BCUT2D eigenvalue weighted by molar-refractivity contribution is 5.44. The van der Waals surface area contributed by atoms with Crippen molar-refractivity contribution >= 4 is 0 Å². The molecule has 1 saturated carbocycles. The Balaban J connectivity index is 1.45. The van der Waals surface area contributed by atoms with Crippen molar-refractivity contribution in [3.63, 3.8) is 0 Å². The summed E-state index contributed by atoms with van der Waals surface area (Å²) in [5, 5.41) is 3.60. The lowest BCUT2D eigenvalue weighted by molar-refractivity contribution is 0.174. The molecule has 1 aromatic carbocycles. The molecule has 3 nitrogen and oxygen atoms in total. The number of fused-ring (bicyclic) bond motifs is 1. The molecule has 1 aliphatic heterocycles. The topological polar surface area (TPSA) is 30.5 Å². The van der Waals surface area contributed by atoms with Crippen molar-refractivity contribution in [3.8, 4) is 11.5 Å². The third-order valence-corrected chi connectivity index (χ3v) is 4.90. The van der Waals surface area contributed by atoms with Crippen LogP contribution in [0.3, 0.4) is 0 Å². The largest absolute Gasteiger partial charge is 0.454 e. The molecule has 1 aromatic rings. The summed E-state index contributed by atoms with van der Waals surface area (Å²) in [6.07, 6.45) is 3.76. The first kappa shape index (κ1) is 14.7. The zero-order valence-electron chi connectivity index (χ0n) is 13.4. The Hall–Kier alpha value is -1.22. The summed E-state index contributed by atoms with van der Waals surface area (Å²) in [7, 11) is 0. The van der Waals surface area contributed by atoms with Gasteiger partial charge in [0.1, 0.15) is 0 Å². The van der Waals surface area contributed by atoms with Crippen LogP contribution in [0.4, 0.5) is 0 Å². The highest BCUT2D eigenvalue weighted by Crippen LogP contribution is 2.55. The van der Waals surface area contributed by atoms with Crippen LogP contribution in [0.25, 0.3) is 0 Å². The number of nitrogens with one attached hydrogen (secondary N) is 1. The number of aryl methyl sites for hydroxylation is 1. The Morgan fingerprint density at radius 3 is 2.90 bits per heavy atom. The molecular formula is C18H27NO2. The Morgan fingerprint density at radius 2 is 2.10 bits per heavy atom. The average Bonchev–Trinajstić information content (AvgIpc) is 2.88. The van der Waals surface area contributed by atoms with Gasteiger partial charge in [-0.2, -0.15) is 0 Å². The second-order valence-corrected chi connectivity index (χ2v) is 7.29. The number of rotatable bonds is 7. The second-order valence-electron chi connectivity index (χ2n) is 7.29. The molecule has 0 saturated heterocycles. The lowest BCUT2D eigenvalue weighted by Crippen LogP contribution is -2.23. The summed E-state index contributed by atoms with van der Waals surface area (Å²) in [6, 6.07) is 6.35. The van der Waals surface area contributed by atoms with Gasteiger partial charge in [-0.15, -0.1) is 0 Å². The Morgan fingerprint density at radius 1 is 1.29 bits per heavy atom. The van der Waals surface area contributed by atoms with E-state index in [0.717, 1.165) is 36.3 Å². The highest BCUT2D eigenvalue weighted by atomic mass is 16.7. The molecule has 2 unspecified atom stereocenters. The van der Waals surface area contributed by atoms with Gasteiger partial charge in [0.2, 0.25) is 6.79 Å². The predicted molar refractivity (Wildman–Crippen MR) is 84.8 cm³/mol. The standard InChI is InChI=1S/C18H27NO2/c1-13(2)10-19-11-15-9-18(15,3)7-6-14-4-5-16-17(8-14)21-12-20-16/h4-5,8,13,15,19H,6-7,9-12H2,1-3H3. The van der Waals surface area contributed by atoms with Crippen LogP contribution < -0.4 is 14.8 Å². The van der Waals surface area contributed by atoms with Gasteiger partial charge in [0, 0.05) is 0 Å². The van der Waals surface area contributed by atoms with Crippen LogP contribution >= 0.6 is 0 Å². The molecule has 0 bridgehead atoms. The lowest BCUT2D eigenvalue weighted by atomic mass is 9.96. The van der Waals surface area contributed by atoms with E-state index >= 15 is 0 Å². The molecule has 1 heterocycles. The van der Waals surface area contributed by atoms with Crippen molar-refractivity contribution in [3.05, 3.63) is 23.8 Å². The van der Waals surface area contributed by atoms with Crippen LogP contribution in [0.1, 0.15) is 39.2 Å². The first-order valence-electron chi connectivity index (χ1n) is 8.16. The molecule has 1 N–H and O–H groups in total. The molecule has 0 radical (unpaired) electrons. The van der Waals surface area contributed by atoms with Gasteiger partial charge in [-0.05, 0) is 67.3 Å². The minimum absolute atomic E-state index is 0.361. The fourth-order valence-corrected chi connectivity index (χ4v) is 3.20. The summed E-state index contributed by atoms with van der Waals surface area (Å²) in [4.78, 5) is 0. The Kier molecular flexibility index (Phi) is 4.12. The van der Waals surface area contributed by atoms with E-state index in [-0.39, 0.29) is 0 Å². The summed E-state index contributed by atoms with van der Waals surface area (Å²) in [5.41, 5.74) is 1.89. The van der Waals surface area contributed by atoms with E-state index in [9.17, 15) is 0 Å². The Bertz CT molecular complexity index is 500. The predicted octanol–water partition coefficient (Wildman–Crippen LogP) is 3.62. The molecule has 0 amide bonds. The zero-order valence-corrected chi connectivity index (χ0v) is 13.4. The van der Waals surface area contributed by atoms with Crippen molar-refractivity contribution in [2.24, 2.45) is 17.3 Å². The van der Waals surface area contributed by atoms with Crippen LogP contribution in [0.5, 0.6) is 11.5 Å². The maximum atomic E-state index is 5.45. The number of hydrogen-bond acceptors (Lipinski definition) is 3. The van der Waals surface area contributed by atoms with E-state index in [1.54, 1.807) is 0 Å². The molecule has 2 atom stereocenters. The molecule has 2 aliphatic rings. The van der Waals surface area contributed by atoms with E-state index < -0.39 is 0 Å². The molecule has 1 fully saturated rings. The van der Waals surface area contributed by atoms with Gasteiger partial charge in [-0.25, -0.2) is 0 Å².